The molecule has 0 N–H and O–H groups in total. The zero-order valence-electron chi connectivity index (χ0n) is 14.2. The minimum Gasteiger partial charge on any atom is -0.489 e. The van der Waals surface area contributed by atoms with E-state index in [-0.39, 0.29) is 6.42 Å². The molecule has 2 aliphatic rings. The second-order valence-electron chi connectivity index (χ2n) is 5.94. The van der Waals surface area contributed by atoms with Gasteiger partial charge in [0, 0.05) is 18.4 Å². The van der Waals surface area contributed by atoms with Gasteiger partial charge in [-0.15, -0.1) is 0 Å². The average Bonchev–Trinajstić information content (AvgIpc) is 2.92. The maximum atomic E-state index is 12.8. The van der Waals surface area contributed by atoms with Crippen LogP contribution in [0.25, 0.3) is 0 Å². The zero-order valence-corrected chi connectivity index (χ0v) is 14.2. The third-order valence-electron chi connectivity index (χ3n) is 4.59. The Morgan fingerprint density at radius 1 is 1.08 bits per heavy atom. The van der Waals surface area contributed by atoms with Crippen molar-refractivity contribution in [3.05, 3.63) is 71.5 Å². The van der Waals surface area contributed by atoms with Crippen molar-refractivity contribution in [2.75, 3.05) is 14.2 Å². The molecule has 5 heteroatoms. The Morgan fingerprint density at radius 3 is 2.40 bits per heavy atom. The summed E-state index contributed by atoms with van der Waals surface area (Å²) in [7, 11) is 2.55. The van der Waals surface area contributed by atoms with Crippen LogP contribution in [-0.4, -0.2) is 26.2 Å². The summed E-state index contributed by atoms with van der Waals surface area (Å²) in [4.78, 5) is 25.5. The number of carbonyl (C=O) groups is 2. The molecule has 5 nitrogen and oxygen atoms in total. The molecule has 25 heavy (non-hydrogen) atoms. The van der Waals surface area contributed by atoms with Gasteiger partial charge < -0.3 is 14.2 Å². The lowest BCUT2D eigenvalue weighted by Gasteiger charge is -2.39. The molecule has 1 unspecified atom stereocenters. The van der Waals surface area contributed by atoms with E-state index in [2.05, 4.69) is 0 Å². The number of rotatable bonds is 3. The molecular formula is C20H20O5. The summed E-state index contributed by atoms with van der Waals surface area (Å²) < 4.78 is 16.2. The van der Waals surface area contributed by atoms with Gasteiger partial charge in [-0.2, -0.15) is 0 Å². The summed E-state index contributed by atoms with van der Waals surface area (Å²) in [6, 6.07) is 9.53. The Morgan fingerprint density at radius 2 is 1.76 bits per heavy atom. The van der Waals surface area contributed by atoms with Crippen molar-refractivity contribution in [1.29, 1.82) is 0 Å². The van der Waals surface area contributed by atoms with Crippen molar-refractivity contribution in [2.45, 2.75) is 18.9 Å². The summed E-state index contributed by atoms with van der Waals surface area (Å²) in [5, 5.41) is 0. The molecule has 1 aromatic carbocycles. The first-order valence-corrected chi connectivity index (χ1v) is 8.08. The quantitative estimate of drug-likeness (QED) is 0.624. The van der Waals surface area contributed by atoms with Gasteiger partial charge >= 0.3 is 11.9 Å². The summed E-state index contributed by atoms with van der Waals surface area (Å²) in [6.45, 7) is 0. The van der Waals surface area contributed by atoms with Crippen LogP contribution in [0.3, 0.4) is 0 Å². The fourth-order valence-corrected chi connectivity index (χ4v) is 3.37. The summed E-state index contributed by atoms with van der Waals surface area (Å²) >= 11 is 0. The highest BCUT2D eigenvalue weighted by Gasteiger charge is 2.56. The second-order valence-corrected chi connectivity index (χ2v) is 5.94. The minimum absolute atomic E-state index is 0.125. The highest BCUT2D eigenvalue weighted by molar-refractivity contribution is 6.04. The molecule has 0 fully saturated rings. The first-order valence-electron chi connectivity index (χ1n) is 8.08. The van der Waals surface area contributed by atoms with Crippen molar-refractivity contribution >= 4 is 11.9 Å². The second kappa shape index (κ2) is 6.97. The standard InChI is InChI=1S/C20H20O5/c1-23-18(21)20(19(22)24-2)13-17(14-9-5-3-6-10-14)25-16-12-8-4-7-11-15(16)20/h3-11,17H,12-13H2,1-2H3. The SMILES string of the molecule is COC(=O)C1(C(=O)OC)CC(c2ccccc2)OC2=C1C=CC=CC2. The predicted octanol–water partition coefficient (Wildman–Crippen LogP) is 3.25. The van der Waals surface area contributed by atoms with Crippen LogP contribution in [-0.2, 0) is 23.8 Å². The largest absolute Gasteiger partial charge is 0.489 e. The highest BCUT2D eigenvalue weighted by atomic mass is 16.5. The molecule has 0 amide bonds. The Labute approximate surface area is 146 Å². The summed E-state index contributed by atoms with van der Waals surface area (Å²) in [6.07, 6.45) is 7.46. The van der Waals surface area contributed by atoms with Gasteiger partial charge in [0.15, 0.2) is 5.41 Å². The maximum absolute atomic E-state index is 12.8. The van der Waals surface area contributed by atoms with E-state index in [0.717, 1.165) is 5.56 Å². The first-order chi connectivity index (χ1) is 12.1. The lowest BCUT2D eigenvalue weighted by Crippen LogP contribution is -2.46. The summed E-state index contributed by atoms with van der Waals surface area (Å²) in [5.74, 6) is -0.689. The van der Waals surface area contributed by atoms with Gasteiger partial charge in [-0.25, -0.2) is 0 Å². The topological polar surface area (TPSA) is 61.8 Å². The monoisotopic (exact) mass is 340 g/mol. The number of carbonyl (C=O) groups excluding carboxylic acids is 2. The molecule has 0 saturated heterocycles. The molecule has 0 saturated carbocycles. The smallest absolute Gasteiger partial charge is 0.328 e. The lowest BCUT2D eigenvalue weighted by molar-refractivity contribution is -0.170. The highest BCUT2D eigenvalue weighted by Crippen LogP contribution is 2.49. The van der Waals surface area contributed by atoms with Crippen molar-refractivity contribution in [2.24, 2.45) is 5.41 Å². The van der Waals surface area contributed by atoms with E-state index in [9.17, 15) is 9.59 Å². The van der Waals surface area contributed by atoms with E-state index < -0.39 is 23.5 Å². The van der Waals surface area contributed by atoms with Crippen LogP contribution in [0.2, 0.25) is 0 Å². The van der Waals surface area contributed by atoms with Gasteiger partial charge in [-0.1, -0.05) is 54.6 Å². The van der Waals surface area contributed by atoms with Crippen molar-refractivity contribution in [1.82, 2.24) is 0 Å². The van der Waals surface area contributed by atoms with Crippen molar-refractivity contribution in [3.63, 3.8) is 0 Å². The molecule has 3 rings (SSSR count). The van der Waals surface area contributed by atoms with Crippen LogP contribution in [0.4, 0.5) is 0 Å². The van der Waals surface area contributed by atoms with E-state index in [0.29, 0.717) is 17.8 Å². The Hall–Kier alpha value is -2.82. The van der Waals surface area contributed by atoms with E-state index in [1.165, 1.54) is 14.2 Å². The molecule has 1 aliphatic heterocycles. The van der Waals surface area contributed by atoms with Crippen LogP contribution >= 0.6 is 0 Å². The van der Waals surface area contributed by atoms with Gasteiger partial charge in [0.2, 0.25) is 0 Å². The van der Waals surface area contributed by atoms with E-state index in [4.69, 9.17) is 14.2 Å². The molecule has 1 heterocycles. The fraction of sp³-hybridized carbons (Fsp3) is 0.300. The number of benzene rings is 1. The molecule has 1 aromatic rings. The third kappa shape index (κ3) is 2.86. The predicted molar refractivity (Wildman–Crippen MR) is 91.3 cm³/mol. The number of allylic oxidation sites excluding steroid dienone is 4. The van der Waals surface area contributed by atoms with Crippen LogP contribution in [0.5, 0.6) is 0 Å². The number of methoxy groups -OCH3 is 2. The summed E-state index contributed by atoms with van der Waals surface area (Å²) in [5.41, 5.74) is -0.146. The Bertz CT molecular complexity index is 742. The van der Waals surface area contributed by atoms with Gasteiger partial charge in [-0.3, -0.25) is 9.59 Å². The maximum Gasteiger partial charge on any atom is 0.328 e. The van der Waals surface area contributed by atoms with E-state index in [1.807, 2.05) is 42.5 Å². The molecule has 0 bridgehead atoms. The first kappa shape index (κ1) is 17.0. The third-order valence-corrected chi connectivity index (χ3v) is 4.59. The van der Waals surface area contributed by atoms with Gasteiger partial charge in [0.05, 0.1) is 14.2 Å². The molecule has 130 valence electrons. The minimum atomic E-state index is -1.54. The normalized spacial score (nSPS) is 21.0. The average molecular weight is 340 g/mol. The van der Waals surface area contributed by atoms with E-state index in [1.54, 1.807) is 12.2 Å². The van der Waals surface area contributed by atoms with Crippen LogP contribution < -0.4 is 0 Å². The molecule has 1 aliphatic carbocycles. The van der Waals surface area contributed by atoms with Crippen molar-refractivity contribution in [3.8, 4) is 0 Å². The Kier molecular flexibility index (Phi) is 4.74. The van der Waals surface area contributed by atoms with Gasteiger partial charge in [0.1, 0.15) is 11.9 Å². The van der Waals surface area contributed by atoms with Crippen LogP contribution in [0, 0.1) is 5.41 Å². The van der Waals surface area contributed by atoms with Gasteiger partial charge in [-0.05, 0) is 5.56 Å². The number of hydrogen-bond acceptors (Lipinski definition) is 5. The fourth-order valence-electron chi connectivity index (χ4n) is 3.37. The zero-order chi connectivity index (χ0) is 17.9. The molecule has 1 atom stereocenters. The van der Waals surface area contributed by atoms with E-state index >= 15 is 0 Å². The number of esters is 2. The molecule has 0 radical (unpaired) electrons. The number of ether oxygens (including phenoxy) is 3. The molecule has 0 aromatic heterocycles. The lowest BCUT2D eigenvalue weighted by atomic mass is 9.71. The Balaban J connectivity index is 2.18. The van der Waals surface area contributed by atoms with Gasteiger partial charge in [0.25, 0.3) is 0 Å². The van der Waals surface area contributed by atoms with Crippen molar-refractivity contribution < 1.29 is 23.8 Å². The van der Waals surface area contributed by atoms with Crippen LogP contribution in [0.1, 0.15) is 24.5 Å². The number of hydrogen-bond donors (Lipinski definition) is 0. The van der Waals surface area contributed by atoms with Crippen LogP contribution in [0.15, 0.2) is 66.0 Å². The molecular weight excluding hydrogens is 320 g/mol. The molecule has 0 spiro atoms.